The Labute approximate surface area is 152 Å². The Bertz CT molecular complexity index is 653. The number of hydrogen-bond donors (Lipinski definition) is 3. The second-order valence-corrected chi connectivity index (χ2v) is 6.76. The van der Waals surface area contributed by atoms with E-state index in [4.69, 9.17) is 0 Å². The fraction of sp³-hybridized carbons (Fsp3) is 0.556. The molecule has 0 aliphatic carbocycles. The maximum atomic E-state index is 11.9. The molecule has 26 heavy (non-hydrogen) atoms. The molecule has 2 aliphatic rings. The van der Waals surface area contributed by atoms with Crippen molar-refractivity contribution in [3.8, 4) is 0 Å². The van der Waals surface area contributed by atoms with E-state index in [9.17, 15) is 14.4 Å². The molecule has 1 aromatic rings. The lowest BCUT2D eigenvalue weighted by Crippen LogP contribution is -2.31. The molecule has 0 saturated carbocycles. The van der Waals surface area contributed by atoms with Gasteiger partial charge in [-0.1, -0.05) is 18.9 Å². The molecule has 1 atom stereocenters. The standard InChI is InChI=1S/C18H25N5O3/c24-16(8-6-14-17(25)22-18(26)21-14)20-12-13-5-7-15(19-11-13)23-9-3-1-2-4-10-23/h5,7,11,14H,1-4,6,8-10,12H2,(H,20,24)(H2,21,22,25,26). The second-order valence-electron chi connectivity index (χ2n) is 6.76. The summed E-state index contributed by atoms with van der Waals surface area (Å²) in [5, 5.41) is 7.45. The number of imide groups is 1. The highest BCUT2D eigenvalue weighted by Crippen LogP contribution is 2.17. The van der Waals surface area contributed by atoms with E-state index in [1.807, 2.05) is 12.1 Å². The van der Waals surface area contributed by atoms with Crippen molar-refractivity contribution < 1.29 is 14.4 Å². The Kier molecular flexibility index (Phi) is 6.04. The van der Waals surface area contributed by atoms with E-state index in [0.717, 1.165) is 24.5 Å². The minimum absolute atomic E-state index is 0.157. The number of rotatable bonds is 6. The Hall–Kier alpha value is -2.64. The van der Waals surface area contributed by atoms with Gasteiger partial charge < -0.3 is 15.5 Å². The smallest absolute Gasteiger partial charge is 0.322 e. The minimum atomic E-state index is -0.622. The average Bonchev–Trinajstić information content (AvgIpc) is 2.83. The van der Waals surface area contributed by atoms with Crippen molar-refractivity contribution in [1.82, 2.24) is 20.9 Å². The van der Waals surface area contributed by atoms with Gasteiger partial charge in [0.1, 0.15) is 11.9 Å². The molecule has 0 aromatic carbocycles. The van der Waals surface area contributed by atoms with Crippen molar-refractivity contribution in [3.05, 3.63) is 23.9 Å². The van der Waals surface area contributed by atoms with Gasteiger partial charge in [-0.15, -0.1) is 0 Å². The summed E-state index contributed by atoms with van der Waals surface area (Å²) < 4.78 is 0. The van der Waals surface area contributed by atoms with Crippen LogP contribution in [0.1, 0.15) is 44.1 Å². The van der Waals surface area contributed by atoms with Crippen LogP contribution in [-0.4, -0.2) is 42.0 Å². The SMILES string of the molecule is O=C(CCC1NC(=O)NC1=O)NCc1ccc(N2CCCCCC2)nc1. The monoisotopic (exact) mass is 359 g/mol. The molecule has 4 amide bonds. The van der Waals surface area contributed by atoms with Crippen molar-refractivity contribution in [3.63, 3.8) is 0 Å². The summed E-state index contributed by atoms with van der Waals surface area (Å²) in [6.07, 6.45) is 7.25. The van der Waals surface area contributed by atoms with Gasteiger partial charge in [-0.25, -0.2) is 9.78 Å². The van der Waals surface area contributed by atoms with Crippen LogP contribution in [0.25, 0.3) is 0 Å². The van der Waals surface area contributed by atoms with Crippen molar-refractivity contribution in [2.24, 2.45) is 0 Å². The van der Waals surface area contributed by atoms with Gasteiger partial charge in [0.25, 0.3) is 5.91 Å². The van der Waals surface area contributed by atoms with Gasteiger partial charge in [0.2, 0.25) is 5.91 Å². The van der Waals surface area contributed by atoms with Crippen LogP contribution in [-0.2, 0) is 16.1 Å². The van der Waals surface area contributed by atoms with Crippen LogP contribution in [0.2, 0.25) is 0 Å². The third-order valence-corrected chi connectivity index (χ3v) is 4.75. The highest BCUT2D eigenvalue weighted by molar-refractivity contribution is 6.04. The molecule has 0 radical (unpaired) electrons. The van der Waals surface area contributed by atoms with Gasteiger partial charge in [-0.05, 0) is 30.9 Å². The van der Waals surface area contributed by atoms with Crippen molar-refractivity contribution in [2.75, 3.05) is 18.0 Å². The van der Waals surface area contributed by atoms with E-state index in [2.05, 4.69) is 25.8 Å². The van der Waals surface area contributed by atoms with Crippen LogP contribution in [0, 0.1) is 0 Å². The molecule has 1 aromatic heterocycles. The predicted molar refractivity (Wildman–Crippen MR) is 96.5 cm³/mol. The molecule has 0 spiro atoms. The molecule has 2 aliphatic heterocycles. The summed E-state index contributed by atoms with van der Waals surface area (Å²) in [5.74, 6) is 0.455. The molecule has 3 rings (SSSR count). The van der Waals surface area contributed by atoms with Crippen molar-refractivity contribution >= 4 is 23.7 Å². The summed E-state index contributed by atoms with van der Waals surface area (Å²) in [7, 11) is 0. The topological polar surface area (TPSA) is 103 Å². The van der Waals surface area contributed by atoms with Crippen LogP contribution in [0.5, 0.6) is 0 Å². The number of carbonyl (C=O) groups is 3. The lowest BCUT2D eigenvalue weighted by atomic mass is 10.1. The highest BCUT2D eigenvalue weighted by Gasteiger charge is 2.29. The number of amides is 4. The number of nitrogens with one attached hydrogen (secondary N) is 3. The lowest BCUT2D eigenvalue weighted by Gasteiger charge is -2.21. The van der Waals surface area contributed by atoms with Gasteiger partial charge in [0, 0.05) is 32.3 Å². The van der Waals surface area contributed by atoms with Crippen LogP contribution in [0.3, 0.4) is 0 Å². The summed E-state index contributed by atoms with van der Waals surface area (Å²) >= 11 is 0. The number of nitrogens with zero attached hydrogens (tertiary/aromatic N) is 2. The average molecular weight is 359 g/mol. The Balaban J connectivity index is 1.42. The molecule has 2 saturated heterocycles. The van der Waals surface area contributed by atoms with Gasteiger partial charge >= 0.3 is 6.03 Å². The molecular weight excluding hydrogens is 334 g/mol. The fourth-order valence-corrected chi connectivity index (χ4v) is 3.23. The van der Waals surface area contributed by atoms with Crippen molar-refractivity contribution in [2.45, 2.75) is 51.1 Å². The predicted octanol–water partition coefficient (Wildman–Crippen LogP) is 1.07. The van der Waals surface area contributed by atoms with Crippen LogP contribution >= 0.6 is 0 Å². The summed E-state index contributed by atoms with van der Waals surface area (Å²) in [6, 6.07) is 2.86. The van der Waals surface area contributed by atoms with Gasteiger partial charge in [-0.2, -0.15) is 0 Å². The van der Waals surface area contributed by atoms with Gasteiger partial charge in [0.15, 0.2) is 0 Å². The summed E-state index contributed by atoms with van der Waals surface area (Å²) in [5.41, 5.74) is 0.934. The Morgan fingerprint density at radius 1 is 1.19 bits per heavy atom. The number of urea groups is 1. The maximum absolute atomic E-state index is 11.9. The number of pyridine rings is 1. The number of carbonyl (C=O) groups excluding carboxylic acids is 3. The molecule has 1 unspecified atom stereocenters. The second kappa shape index (κ2) is 8.64. The molecule has 3 heterocycles. The zero-order chi connectivity index (χ0) is 18.4. The lowest BCUT2D eigenvalue weighted by molar-refractivity contribution is -0.122. The molecule has 3 N–H and O–H groups in total. The Morgan fingerprint density at radius 3 is 2.58 bits per heavy atom. The van der Waals surface area contributed by atoms with E-state index in [1.165, 1.54) is 25.7 Å². The fourth-order valence-electron chi connectivity index (χ4n) is 3.23. The minimum Gasteiger partial charge on any atom is -0.357 e. The number of hydrogen-bond acceptors (Lipinski definition) is 5. The summed E-state index contributed by atoms with van der Waals surface area (Å²) in [4.78, 5) is 41.2. The first-order chi connectivity index (χ1) is 12.6. The van der Waals surface area contributed by atoms with E-state index in [1.54, 1.807) is 6.20 Å². The van der Waals surface area contributed by atoms with Crippen LogP contribution < -0.4 is 20.9 Å². The molecular formula is C18H25N5O3. The quantitative estimate of drug-likeness (QED) is 0.659. The number of anilines is 1. The largest absolute Gasteiger partial charge is 0.357 e. The van der Waals surface area contributed by atoms with E-state index < -0.39 is 12.1 Å². The zero-order valence-corrected chi connectivity index (χ0v) is 14.8. The van der Waals surface area contributed by atoms with Crippen molar-refractivity contribution in [1.29, 1.82) is 0 Å². The molecule has 8 nitrogen and oxygen atoms in total. The number of aromatic nitrogens is 1. The normalized spacial score (nSPS) is 20.3. The third-order valence-electron chi connectivity index (χ3n) is 4.75. The summed E-state index contributed by atoms with van der Waals surface area (Å²) in [6.45, 7) is 2.50. The highest BCUT2D eigenvalue weighted by atomic mass is 16.2. The maximum Gasteiger partial charge on any atom is 0.322 e. The molecule has 140 valence electrons. The first kappa shape index (κ1) is 18.2. The molecule has 8 heteroatoms. The molecule has 2 fully saturated rings. The van der Waals surface area contributed by atoms with Crippen LogP contribution in [0.15, 0.2) is 18.3 Å². The first-order valence-electron chi connectivity index (χ1n) is 9.20. The van der Waals surface area contributed by atoms with E-state index in [-0.39, 0.29) is 24.7 Å². The van der Waals surface area contributed by atoms with Crippen LogP contribution in [0.4, 0.5) is 10.6 Å². The van der Waals surface area contributed by atoms with Gasteiger partial charge in [-0.3, -0.25) is 14.9 Å². The third kappa shape index (κ3) is 4.93. The Morgan fingerprint density at radius 2 is 1.96 bits per heavy atom. The van der Waals surface area contributed by atoms with E-state index in [0.29, 0.717) is 6.54 Å². The first-order valence-corrected chi connectivity index (χ1v) is 9.20. The zero-order valence-electron chi connectivity index (χ0n) is 14.8. The van der Waals surface area contributed by atoms with Gasteiger partial charge in [0.05, 0.1) is 0 Å². The van der Waals surface area contributed by atoms with E-state index >= 15 is 0 Å². The molecule has 0 bridgehead atoms.